The maximum atomic E-state index is 13.6. The SMILES string of the molecule is N/C(=N\O)c1cccc2c1N(S(=O)(=O)c1ccc(C(F)(F)F)cc1)Cc1ccc(C(F)(F)F)nc1N2. The summed E-state index contributed by atoms with van der Waals surface area (Å²) >= 11 is 0. The Kier molecular flexibility index (Phi) is 5.98. The number of nitrogens with zero attached hydrogens (tertiary/aromatic N) is 3. The van der Waals surface area contributed by atoms with Crippen molar-refractivity contribution >= 4 is 33.1 Å². The number of anilines is 3. The number of benzene rings is 2. The van der Waals surface area contributed by atoms with Gasteiger partial charge in [-0.15, -0.1) is 0 Å². The normalized spacial score (nSPS) is 14.5. The maximum Gasteiger partial charge on any atom is 0.433 e. The number of alkyl halides is 6. The molecule has 1 aliphatic heterocycles. The monoisotopic (exact) mass is 531 g/mol. The van der Waals surface area contributed by atoms with Crippen LogP contribution < -0.4 is 15.4 Å². The molecule has 1 aliphatic rings. The Balaban J connectivity index is 1.94. The van der Waals surface area contributed by atoms with Gasteiger partial charge in [-0.3, -0.25) is 4.31 Å². The Morgan fingerprint density at radius 2 is 1.67 bits per heavy atom. The van der Waals surface area contributed by atoms with E-state index in [9.17, 15) is 40.0 Å². The van der Waals surface area contributed by atoms with E-state index < -0.39 is 50.9 Å². The molecule has 4 N–H and O–H groups in total. The number of amidine groups is 1. The van der Waals surface area contributed by atoms with E-state index in [0.29, 0.717) is 18.2 Å². The highest BCUT2D eigenvalue weighted by Gasteiger charge is 2.37. The zero-order valence-electron chi connectivity index (χ0n) is 17.8. The molecule has 2 aromatic carbocycles. The molecule has 0 bridgehead atoms. The Morgan fingerprint density at radius 3 is 2.25 bits per heavy atom. The molecule has 0 unspecified atom stereocenters. The summed E-state index contributed by atoms with van der Waals surface area (Å²) in [5.41, 5.74) is 3.07. The van der Waals surface area contributed by atoms with Gasteiger partial charge in [-0.1, -0.05) is 17.3 Å². The van der Waals surface area contributed by atoms with E-state index in [4.69, 9.17) is 5.73 Å². The quantitative estimate of drug-likeness (QED) is 0.149. The molecule has 0 aliphatic carbocycles. The molecular formula is C21H15F6N5O3S. The molecular weight excluding hydrogens is 516 g/mol. The third-order valence-electron chi connectivity index (χ3n) is 5.28. The summed E-state index contributed by atoms with van der Waals surface area (Å²) in [6.07, 6.45) is -9.49. The van der Waals surface area contributed by atoms with Gasteiger partial charge in [0, 0.05) is 11.1 Å². The van der Waals surface area contributed by atoms with Crippen LogP contribution in [0.5, 0.6) is 0 Å². The summed E-state index contributed by atoms with van der Waals surface area (Å²) in [7, 11) is -4.62. The number of hydrogen-bond acceptors (Lipinski definition) is 6. The molecule has 1 aromatic heterocycles. The van der Waals surface area contributed by atoms with Crippen LogP contribution in [0.25, 0.3) is 0 Å². The lowest BCUT2D eigenvalue weighted by atomic mass is 10.1. The minimum Gasteiger partial charge on any atom is -0.409 e. The van der Waals surface area contributed by atoms with Gasteiger partial charge in [0.25, 0.3) is 10.0 Å². The third kappa shape index (κ3) is 4.48. The third-order valence-corrected chi connectivity index (χ3v) is 7.03. The van der Waals surface area contributed by atoms with Crippen LogP contribution >= 0.6 is 0 Å². The molecule has 0 fully saturated rings. The first-order chi connectivity index (χ1) is 16.7. The lowest BCUT2D eigenvalue weighted by Crippen LogP contribution is -2.32. The van der Waals surface area contributed by atoms with Crippen LogP contribution in [-0.4, -0.2) is 24.4 Å². The van der Waals surface area contributed by atoms with Crippen LogP contribution in [0.15, 0.2) is 64.6 Å². The predicted molar refractivity (Wildman–Crippen MR) is 116 cm³/mol. The van der Waals surface area contributed by atoms with E-state index in [2.05, 4.69) is 15.5 Å². The average Bonchev–Trinajstić information content (AvgIpc) is 2.99. The lowest BCUT2D eigenvalue weighted by molar-refractivity contribution is -0.141. The molecule has 3 aromatic rings. The maximum absolute atomic E-state index is 13.6. The summed E-state index contributed by atoms with van der Waals surface area (Å²) in [5.74, 6) is -0.816. The van der Waals surface area contributed by atoms with Crippen LogP contribution in [0.3, 0.4) is 0 Å². The number of nitrogens with one attached hydrogen (secondary N) is 1. The summed E-state index contributed by atoms with van der Waals surface area (Å²) in [4.78, 5) is 3.04. The zero-order valence-corrected chi connectivity index (χ0v) is 18.6. The van der Waals surface area contributed by atoms with E-state index in [1.807, 2.05) is 0 Å². The standard InChI is InChI=1S/C21H15F6N5O3S/c22-20(23,24)12-5-7-13(8-6-12)36(34,35)32-10-11-4-9-16(21(25,26)27)30-19(11)29-15-3-1-2-14(17(15)32)18(28)31-33/h1-9,33H,10H2,(H2,28,31)(H,29,30). The largest absolute Gasteiger partial charge is 0.433 e. The van der Waals surface area contributed by atoms with Gasteiger partial charge in [-0.2, -0.15) is 26.3 Å². The van der Waals surface area contributed by atoms with Crippen LogP contribution in [0.2, 0.25) is 0 Å². The molecule has 0 radical (unpaired) electrons. The number of hydrogen-bond donors (Lipinski definition) is 3. The zero-order chi connectivity index (χ0) is 26.5. The van der Waals surface area contributed by atoms with Crippen molar-refractivity contribution in [1.82, 2.24) is 4.98 Å². The number of pyridine rings is 1. The number of para-hydroxylation sites is 1. The van der Waals surface area contributed by atoms with Gasteiger partial charge in [-0.05, 0) is 42.5 Å². The van der Waals surface area contributed by atoms with Crippen LogP contribution in [-0.2, 0) is 28.9 Å². The number of fused-ring (bicyclic) bond motifs is 2. The Hall–Kier alpha value is -4.01. The molecule has 36 heavy (non-hydrogen) atoms. The van der Waals surface area contributed by atoms with Crippen LogP contribution in [0.1, 0.15) is 22.4 Å². The van der Waals surface area contributed by atoms with Crippen molar-refractivity contribution in [2.45, 2.75) is 23.8 Å². The second-order valence-electron chi connectivity index (χ2n) is 7.55. The van der Waals surface area contributed by atoms with Crippen molar-refractivity contribution in [1.29, 1.82) is 0 Å². The Morgan fingerprint density at radius 1 is 1.00 bits per heavy atom. The van der Waals surface area contributed by atoms with Crippen LogP contribution in [0, 0.1) is 0 Å². The second kappa shape index (κ2) is 8.58. The summed E-state index contributed by atoms with van der Waals surface area (Å²) in [5, 5.41) is 14.7. The van der Waals surface area contributed by atoms with Gasteiger partial charge in [0.15, 0.2) is 5.84 Å². The summed E-state index contributed by atoms with van der Waals surface area (Å²) < 4.78 is 107. The van der Waals surface area contributed by atoms with E-state index in [1.54, 1.807) is 0 Å². The van der Waals surface area contributed by atoms with Crippen molar-refractivity contribution in [2.75, 3.05) is 9.62 Å². The van der Waals surface area contributed by atoms with Gasteiger partial charge in [-0.25, -0.2) is 13.4 Å². The van der Waals surface area contributed by atoms with E-state index in [1.165, 1.54) is 18.2 Å². The van der Waals surface area contributed by atoms with E-state index >= 15 is 0 Å². The highest BCUT2D eigenvalue weighted by Crippen LogP contribution is 2.42. The number of oxime groups is 1. The van der Waals surface area contributed by atoms with E-state index in [-0.39, 0.29) is 28.3 Å². The molecule has 15 heteroatoms. The number of aromatic nitrogens is 1. The molecule has 0 atom stereocenters. The van der Waals surface area contributed by atoms with Gasteiger partial charge in [0.05, 0.1) is 28.4 Å². The molecule has 0 saturated heterocycles. The minimum atomic E-state index is -4.78. The van der Waals surface area contributed by atoms with Crippen molar-refractivity contribution in [2.24, 2.45) is 10.9 Å². The molecule has 190 valence electrons. The number of rotatable bonds is 3. The lowest BCUT2D eigenvalue weighted by Gasteiger charge is -2.26. The number of sulfonamides is 1. The van der Waals surface area contributed by atoms with Gasteiger partial charge in [0.2, 0.25) is 0 Å². The van der Waals surface area contributed by atoms with Gasteiger partial charge < -0.3 is 16.3 Å². The Labute approximate surface area is 199 Å². The summed E-state index contributed by atoms with van der Waals surface area (Å²) in [6, 6.07) is 8.40. The first-order valence-electron chi connectivity index (χ1n) is 9.88. The van der Waals surface area contributed by atoms with E-state index in [0.717, 1.165) is 22.5 Å². The minimum absolute atomic E-state index is 0.0279. The first kappa shape index (κ1) is 25.1. The molecule has 0 saturated carbocycles. The smallest absolute Gasteiger partial charge is 0.409 e. The van der Waals surface area contributed by atoms with Crippen molar-refractivity contribution in [3.8, 4) is 0 Å². The van der Waals surface area contributed by atoms with Crippen LogP contribution in [0.4, 0.5) is 43.5 Å². The molecule has 0 amide bonds. The van der Waals surface area contributed by atoms with Crippen molar-refractivity contribution in [3.05, 3.63) is 77.0 Å². The van der Waals surface area contributed by atoms with Crippen molar-refractivity contribution < 1.29 is 40.0 Å². The molecule has 0 spiro atoms. The van der Waals surface area contributed by atoms with Crippen molar-refractivity contribution in [3.63, 3.8) is 0 Å². The average molecular weight is 531 g/mol. The first-order valence-corrected chi connectivity index (χ1v) is 11.3. The second-order valence-corrected chi connectivity index (χ2v) is 9.41. The number of halogens is 6. The highest BCUT2D eigenvalue weighted by atomic mass is 32.2. The predicted octanol–water partition coefficient (Wildman–Crippen LogP) is 4.67. The molecule has 8 nitrogen and oxygen atoms in total. The van der Waals surface area contributed by atoms with Gasteiger partial charge >= 0.3 is 12.4 Å². The fourth-order valence-corrected chi connectivity index (χ4v) is 5.05. The highest BCUT2D eigenvalue weighted by molar-refractivity contribution is 7.92. The number of nitrogens with two attached hydrogens (primary N) is 1. The Bertz CT molecular complexity index is 1450. The fourth-order valence-electron chi connectivity index (χ4n) is 3.56. The fraction of sp³-hybridized carbons (Fsp3) is 0.143. The topological polar surface area (TPSA) is 121 Å². The molecule has 4 rings (SSSR count). The molecule has 2 heterocycles. The summed E-state index contributed by atoms with van der Waals surface area (Å²) in [6.45, 7) is -0.570. The van der Waals surface area contributed by atoms with Gasteiger partial charge in [0.1, 0.15) is 11.5 Å².